The first-order chi connectivity index (χ1) is 12.2. The smallest absolute Gasteiger partial charge is 0.272 e. The maximum Gasteiger partial charge on any atom is 0.272 e. The van der Waals surface area contributed by atoms with Crippen molar-refractivity contribution in [1.29, 1.82) is 0 Å². The topological polar surface area (TPSA) is 51.3 Å². The molecule has 0 radical (unpaired) electrons. The van der Waals surface area contributed by atoms with Crippen molar-refractivity contribution in [2.24, 2.45) is 0 Å². The average Bonchev–Trinajstić information content (AvgIpc) is 3.42. The van der Waals surface area contributed by atoms with Gasteiger partial charge in [0.1, 0.15) is 11.4 Å². The highest BCUT2D eigenvalue weighted by Gasteiger charge is 2.27. The SMILES string of the molecule is CN(C(=O)c1cc(-c2ccco2)nn1-c1ccccc1)C1CCCC1. The highest BCUT2D eigenvalue weighted by molar-refractivity contribution is 5.94. The molecular weight excluding hydrogens is 314 g/mol. The minimum atomic E-state index is 0.000981. The summed E-state index contributed by atoms with van der Waals surface area (Å²) in [5.41, 5.74) is 2.09. The van der Waals surface area contributed by atoms with Crippen LogP contribution in [0.15, 0.2) is 59.2 Å². The molecule has 2 aromatic heterocycles. The lowest BCUT2D eigenvalue weighted by molar-refractivity contribution is 0.0726. The zero-order chi connectivity index (χ0) is 17.2. The number of amides is 1. The van der Waals surface area contributed by atoms with E-state index in [4.69, 9.17) is 4.42 Å². The Morgan fingerprint density at radius 3 is 2.60 bits per heavy atom. The van der Waals surface area contributed by atoms with Gasteiger partial charge in [0.15, 0.2) is 5.76 Å². The molecule has 0 saturated heterocycles. The Hall–Kier alpha value is -2.82. The first kappa shape index (κ1) is 15.7. The van der Waals surface area contributed by atoms with Crippen LogP contribution >= 0.6 is 0 Å². The van der Waals surface area contributed by atoms with Crippen LogP contribution in [0, 0.1) is 0 Å². The molecule has 3 aromatic rings. The van der Waals surface area contributed by atoms with E-state index in [0.717, 1.165) is 18.5 Å². The largest absolute Gasteiger partial charge is 0.463 e. The Kier molecular flexibility index (Phi) is 4.14. The van der Waals surface area contributed by atoms with Crippen LogP contribution in [0.1, 0.15) is 36.2 Å². The van der Waals surface area contributed by atoms with Crippen molar-refractivity contribution in [1.82, 2.24) is 14.7 Å². The van der Waals surface area contributed by atoms with Gasteiger partial charge in [0.05, 0.1) is 12.0 Å². The van der Waals surface area contributed by atoms with Gasteiger partial charge in [-0.15, -0.1) is 0 Å². The molecule has 1 aliphatic rings. The maximum absolute atomic E-state index is 13.1. The van der Waals surface area contributed by atoms with Gasteiger partial charge in [-0.3, -0.25) is 4.79 Å². The summed E-state index contributed by atoms with van der Waals surface area (Å²) in [6.45, 7) is 0. The number of para-hydroxylation sites is 1. The summed E-state index contributed by atoms with van der Waals surface area (Å²) >= 11 is 0. The number of benzene rings is 1. The summed E-state index contributed by atoms with van der Waals surface area (Å²) in [6.07, 6.45) is 6.15. The van der Waals surface area contributed by atoms with Gasteiger partial charge in [-0.2, -0.15) is 5.10 Å². The minimum absolute atomic E-state index is 0.000981. The quantitative estimate of drug-likeness (QED) is 0.720. The summed E-state index contributed by atoms with van der Waals surface area (Å²) in [5.74, 6) is 0.660. The van der Waals surface area contributed by atoms with Crippen molar-refractivity contribution < 1.29 is 9.21 Å². The number of furan rings is 1. The van der Waals surface area contributed by atoms with Crippen LogP contribution in [0.3, 0.4) is 0 Å². The van der Waals surface area contributed by atoms with Crippen LogP contribution in [0.2, 0.25) is 0 Å². The number of hydrogen-bond acceptors (Lipinski definition) is 3. The third kappa shape index (κ3) is 2.97. The first-order valence-electron chi connectivity index (χ1n) is 8.70. The van der Waals surface area contributed by atoms with Crippen LogP contribution in [0.25, 0.3) is 17.1 Å². The van der Waals surface area contributed by atoms with Crippen molar-refractivity contribution in [3.05, 3.63) is 60.5 Å². The van der Waals surface area contributed by atoms with E-state index in [9.17, 15) is 4.79 Å². The molecule has 25 heavy (non-hydrogen) atoms. The second-order valence-corrected chi connectivity index (χ2v) is 6.49. The highest BCUT2D eigenvalue weighted by atomic mass is 16.3. The second kappa shape index (κ2) is 6.59. The van der Waals surface area contributed by atoms with Crippen molar-refractivity contribution >= 4 is 5.91 Å². The van der Waals surface area contributed by atoms with E-state index >= 15 is 0 Å². The first-order valence-corrected chi connectivity index (χ1v) is 8.70. The van der Waals surface area contributed by atoms with Gasteiger partial charge in [-0.25, -0.2) is 4.68 Å². The maximum atomic E-state index is 13.1. The summed E-state index contributed by atoms with van der Waals surface area (Å²) < 4.78 is 7.18. The van der Waals surface area contributed by atoms with Crippen molar-refractivity contribution in [3.8, 4) is 17.1 Å². The van der Waals surface area contributed by atoms with Gasteiger partial charge in [-0.1, -0.05) is 31.0 Å². The zero-order valence-electron chi connectivity index (χ0n) is 14.3. The van der Waals surface area contributed by atoms with Gasteiger partial charge >= 0.3 is 0 Å². The van der Waals surface area contributed by atoms with Crippen LogP contribution in [0.5, 0.6) is 0 Å². The average molecular weight is 335 g/mol. The number of carbonyl (C=O) groups excluding carboxylic acids is 1. The molecule has 5 heteroatoms. The van der Waals surface area contributed by atoms with Crippen molar-refractivity contribution in [3.63, 3.8) is 0 Å². The summed E-state index contributed by atoms with van der Waals surface area (Å²) in [7, 11) is 1.90. The number of aromatic nitrogens is 2. The van der Waals surface area contributed by atoms with E-state index < -0.39 is 0 Å². The van der Waals surface area contributed by atoms with E-state index in [0.29, 0.717) is 23.2 Å². The van der Waals surface area contributed by atoms with Crippen LogP contribution in [-0.4, -0.2) is 33.7 Å². The molecule has 2 heterocycles. The summed E-state index contributed by atoms with van der Waals surface area (Å²) in [4.78, 5) is 15.0. The number of rotatable bonds is 4. The molecule has 0 atom stereocenters. The normalized spacial score (nSPS) is 14.8. The molecule has 0 bridgehead atoms. The zero-order valence-corrected chi connectivity index (χ0v) is 14.3. The van der Waals surface area contributed by atoms with Gasteiger partial charge in [-0.05, 0) is 37.1 Å². The van der Waals surface area contributed by atoms with Crippen LogP contribution in [0.4, 0.5) is 0 Å². The number of carbonyl (C=O) groups is 1. The fraction of sp³-hybridized carbons (Fsp3) is 0.300. The second-order valence-electron chi connectivity index (χ2n) is 6.49. The molecule has 0 N–H and O–H groups in total. The number of nitrogens with zero attached hydrogens (tertiary/aromatic N) is 3. The van der Waals surface area contributed by atoms with Gasteiger partial charge in [0, 0.05) is 19.2 Å². The fourth-order valence-corrected chi connectivity index (χ4v) is 3.48. The Morgan fingerprint density at radius 1 is 1.16 bits per heavy atom. The van der Waals surface area contributed by atoms with Gasteiger partial charge in [0.2, 0.25) is 0 Å². The van der Waals surface area contributed by atoms with Crippen LogP contribution < -0.4 is 0 Å². The molecule has 1 fully saturated rings. The van der Waals surface area contributed by atoms with E-state index in [1.54, 1.807) is 10.9 Å². The number of hydrogen-bond donors (Lipinski definition) is 0. The highest BCUT2D eigenvalue weighted by Crippen LogP contribution is 2.26. The van der Waals surface area contributed by atoms with E-state index in [-0.39, 0.29) is 5.91 Å². The Labute approximate surface area is 146 Å². The summed E-state index contributed by atoms with van der Waals surface area (Å²) in [6, 6.07) is 15.5. The molecule has 128 valence electrons. The van der Waals surface area contributed by atoms with E-state index in [1.807, 2.05) is 60.5 Å². The van der Waals surface area contributed by atoms with E-state index in [2.05, 4.69) is 5.10 Å². The minimum Gasteiger partial charge on any atom is -0.463 e. The van der Waals surface area contributed by atoms with Gasteiger partial charge in [0.25, 0.3) is 5.91 Å². The molecule has 5 nitrogen and oxygen atoms in total. The van der Waals surface area contributed by atoms with E-state index in [1.165, 1.54) is 12.8 Å². The molecule has 1 amide bonds. The molecule has 1 aliphatic carbocycles. The molecule has 0 spiro atoms. The Bertz CT molecular complexity index is 846. The predicted molar refractivity (Wildman–Crippen MR) is 95.6 cm³/mol. The molecule has 1 aromatic carbocycles. The predicted octanol–water partition coefficient (Wildman–Crippen LogP) is 4.15. The molecule has 0 aliphatic heterocycles. The van der Waals surface area contributed by atoms with Crippen LogP contribution in [-0.2, 0) is 0 Å². The molecule has 0 unspecified atom stereocenters. The lowest BCUT2D eigenvalue weighted by Crippen LogP contribution is -2.36. The fourth-order valence-electron chi connectivity index (χ4n) is 3.48. The Morgan fingerprint density at radius 2 is 1.92 bits per heavy atom. The lowest BCUT2D eigenvalue weighted by atomic mass is 10.2. The van der Waals surface area contributed by atoms with Gasteiger partial charge < -0.3 is 9.32 Å². The molecule has 4 rings (SSSR count). The standard InChI is InChI=1S/C20H21N3O2/c1-22(15-8-5-6-9-15)20(24)18-14-17(19-12-7-13-25-19)21-23(18)16-10-3-2-4-11-16/h2-4,7,10-15H,5-6,8-9H2,1H3. The molecule has 1 saturated carbocycles. The molecular formula is C20H21N3O2. The Balaban J connectivity index is 1.75. The summed E-state index contributed by atoms with van der Waals surface area (Å²) in [5, 5.41) is 4.63. The third-order valence-corrected chi connectivity index (χ3v) is 4.90. The third-order valence-electron chi connectivity index (χ3n) is 4.90. The van der Waals surface area contributed by atoms with Crippen molar-refractivity contribution in [2.75, 3.05) is 7.05 Å². The lowest BCUT2D eigenvalue weighted by Gasteiger charge is -2.24. The monoisotopic (exact) mass is 335 g/mol. The van der Waals surface area contributed by atoms with Crippen molar-refractivity contribution in [2.45, 2.75) is 31.7 Å².